The fourth-order valence-electron chi connectivity index (χ4n) is 3.41. The van der Waals surface area contributed by atoms with Crippen LogP contribution >= 0.6 is 0 Å². The quantitative estimate of drug-likeness (QED) is 0.201. The van der Waals surface area contributed by atoms with Gasteiger partial charge in [-0.3, -0.25) is 4.79 Å². The normalized spacial score (nSPS) is 11.2. The van der Waals surface area contributed by atoms with Crippen LogP contribution in [-0.2, 0) is 11.2 Å². The number of nitriles is 1. The van der Waals surface area contributed by atoms with Gasteiger partial charge in [-0.1, -0.05) is 54.6 Å². The Bertz CT molecular complexity index is 1300. The van der Waals surface area contributed by atoms with Gasteiger partial charge in [-0.2, -0.15) is 5.26 Å². The highest BCUT2D eigenvalue weighted by Crippen LogP contribution is 2.30. The van der Waals surface area contributed by atoms with E-state index < -0.39 is 0 Å². The predicted octanol–water partition coefficient (Wildman–Crippen LogP) is 5.39. The number of para-hydroxylation sites is 1. The molecule has 0 saturated heterocycles. The van der Waals surface area contributed by atoms with Crippen LogP contribution < -0.4 is 9.47 Å². The van der Waals surface area contributed by atoms with Crippen LogP contribution in [0.25, 0.3) is 22.6 Å². The minimum absolute atomic E-state index is 0.140. The third-order valence-electron chi connectivity index (χ3n) is 4.94. The minimum atomic E-state index is -0.381. The summed E-state index contributed by atoms with van der Waals surface area (Å²) in [4.78, 5) is 15.7. The van der Waals surface area contributed by atoms with E-state index in [1.165, 1.54) is 7.11 Å². The molecule has 1 aromatic heterocycles. The van der Waals surface area contributed by atoms with Crippen molar-refractivity contribution in [3.63, 3.8) is 0 Å². The van der Waals surface area contributed by atoms with Gasteiger partial charge < -0.3 is 14.5 Å². The number of ether oxygens (including phenoxy) is 2. The number of methoxy groups -OCH3 is 1. The zero-order valence-electron chi connectivity index (χ0n) is 17.0. The topological polar surface area (TPSA) is 75.1 Å². The molecule has 3 aromatic carbocycles. The van der Waals surface area contributed by atoms with E-state index in [0.717, 1.165) is 27.6 Å². The summed E-state index contributed by atoms with van der Waals surface area (Å²) in [6, 6.07) is 24.7. The van der Waals surface area contributed by atoms with Gasteiger partial charge in [0.15, 0.2) is 11.5 Å². The zero-order valence-corrected chi connectivity index (χ0v) is 17.0. The van der Waals surface area contributed by atoms with Crippen LogP contribution in [-0.4, -0.2) is 18.1 Å². The molecule has 0 radical (unpaired) electrons. The fraction of sp³-hybridized carbons (Fsp3) is 0.0769. The van der Waals surface area contributed by atoms with Crippen molar-refractivity contribution in [2.75, 3.05) is 7.11 Å². The Morgan fingerprint density at radius 1 is 1.03 bits per heavy atom. The van der Waals surface area contributed by atoms with Crippen LogP contribution in [0.2, 0.25) is 0 Å². The number of nitrogens with one attached hydrogen (secondary N) is 1. The van der Waals surface area contributed by atoms with Crippen molar-refractivity contribution in [3.05, 3.63) is 95.7 Å². The summed E-state index contributed by atoms with van der Waals surface area (Å²) in [5, 5.41) is 10.5. The van der Waals surface area contributed by atoms with E-state index in [9.17, 15) is 10.1 Å². The third kappa shape index (κ3) is 4.49. The molecule has 0 saturated carbocycles. The lowest BCUT2D eigenvalue weighted by atomic mass is 10.0. The largest absolute Gasteiger partial charge is 0.493 e. The summed E-state index contributed by atoms with van der Waals surface area (Å²) < 4.78 is 11.0. The lowest BCUT2D eigenvalue weighted by molar-refractivity contribution is -0.133. The van der Waals surface area contributed by atoms with E-state index in [0.29, 0.717) is 17.1 Å². The van der Waals surface area contributed by atoms with Crippen LogP contribution in [0.4, 0.5) is 0 Å². The van der Waals surface area contributed by atoms with E-state index in [-0.39, 0.29) is 12.4 Å². The van der Waals surface area contributed by atoms with Gasteiger partial charge in [-0.25, -0.2) is 0 Å². The number of nitrogens with zero attached hydrogens (tertiary/aromatic N) is 1. The molecule has 5 nitrogen and oxygen atoms in total. The van der Waals surface area contributed by atoms with Crippen molar-refractivity contribution in [1.82, 2.24) is 4.98 Å². The summed E-state index contributed by atoms with van der Waals surface area (Å²) in [6.07, 6.45) is 3.74. The summed E-state index contributed by atoms with van der Waals surface area (Å²) in [5.74, 6) is 0.377. The van der Waals surface area contributed by atoms with Gasteiger partial charge in [0.25, 0.3) is 0 Å². The molecular formula is C26H20N2O3. The lowest BCUT2D eigenvalue weighted by Crippen LogP contribution is -2.11. The number of allylic oxidation sites excluding steroid dienone is 1. The second kappa shape index (κ2) is 9.02. The smallest absolute Gasteiger partial charge is 0.315 e. The zero-order chi connectivity index (χ0) is 21.6. The molecule has 31 heavy (non-hydrogen) atoms. The molecule has 0 aliphatic carbocycles. The predicted molar refractivity (Wildman–Crippen MR) is 121 cm³/mol. The Labute approximate surface area is 180 Å². The van der Waals surface area contributed by atoms with Gasteiger partial charge in [0.05, 0.1) is 25.2 Å². The number of benzene rings is 3. The van der Waals surface area contributed by atoms with Crippen molar-refractivity contribution in [3.8, 4) is 17.6 Å². The van der Waals surface area contributed by atoms with Gasteiger partial charge >= 0.3 is 5.97 Å². The van der Waals surface area contributed by atoms with Crippen LogP contribution in [0, 0.1) is 11.3 Å². The molecule has 0 spiro atoms. The molecule has 0 amide bonds. The molecule has 0 atom stereocenters. The SMILES string of the molecule is COc1cc(/C=C(/C#N)c2ccccc2)ccc1OC(=O)Cc1c[nH]c2ccccc12. The van der Waals surface area contributed by atoms with E-state index in [2.05, 4.69) is 11.1 Å². The van der Waals surface area contributed by atoms with Gasteiger partial charge in [0, 0.05) is 17.1 Å². The average molecular weight is 408 g/mol. The van der Waals surface area contributed by atoms with Crippen molar-refractivity contribution in [2.24, 2.45) is 0 Å². The molecule has 1 N–H and O–H groups in total. The second-order valence-corrected chi connectivity index (χ2v) is 6.96. The van der Waals surface area contributed by atoms with Crippen molar-refractivity contribution < 1.29 is 14.3 Å². The van der Waals surface area contributed by atoms with Gasteiger partial charge in [-0.05, 0) is 41.0 Å². The van der Waals surface area contributed by atoms with Crippen LogP contribution in [0.5, 0.6) is 11.5 Å². The molecule has 0 unspecified atom stereocenters. The summed E-state index contributed by atoms with van der Waals surface area (Å²) in [5.41, 5.74) is 3.99. The van der Waals surface area contributed by atoms with E-state index in [4.69, 9.17) is 9.47 Å². The molecule has 4 aromatic rings. The minimum Gasteiger partial charge on any atom is -0.493 e. The molecule has 0 bridgehead atoms. The maximum absolute atomic E-state index is 12.5. The Morgan fingerprint density at radius 3 is 2.58 bits per heavy atom. The van der Waals surface area contributed by atoms with Crippen molar-refractivity contribution in [2.45, 2.75) is 6.42 Å². The Hall–Kier alpha value is -4.30. The number of hydrogen-bond donors (Lipinski definition) is 1. The van der Waals surface area contributed by atoms with E-state index in [1.807, 2.05) is 60.8 Å². The first-order valence-corrected chi connectivity index (χ1v) is 9.79. The number of carbonyl (C=O) groups is 1. The molecule has 0 fully saturated rings. The highest BCUT2D eigenvalue weighted by molar-refractivity contribution is 5.90. The van der Waals surface area contributed by atoms with E-state index in [1.54, 1.807) is 24.3 Å². The molecule has 152 valence electrons. The summed E-state index contributed by atoms with van der Waals surface area (Å²) >= 11 is 0. The number of rotatable bonds is 6. The van der Waals surface area contributed by atoms with Crippen LogP contribution in [0.3, 0.4) is 0 Å². The number of hydrogen-bond acceptors (Lipinski definition) is 4. The highest BCUT2D eigenvalue weighted by atomic mass is 16.6. The van der Waals surface area contributed by atoms with Gasteiger partial charge in [-0.15, -0.1) is 0 Å². The van der Waals surface area contributed by atoms with E-state index >= 15 is 0 Å². The number of aromatic nitrogens is 1. The molecule has 0 aliphatic rings. The van der Waals surface area contributed by atoms with Crippen molar-refractivity contribution in [1.29, 1.82) is 5.26 Å². The fourth-order valence-corrected chi connectivity index (χ4v) is 3.41. The Kier molecular flexibility index (Phi) is 5.82. The lowest BCUT2D eigenvalue weighted by Gasteiger charge is -2.10. The number of H-pyrrole nitrogens is 1. The Morgan fingerprint density at radius 2 is 1.81 bits per heavy atom. The summed E-state index contributed by atoms with van der Waals surface area (Å²) in [6.45, 7) is 0. The molecule has 1 heterocycles. The Balaban J connectivity index is 1.53. The monoisotopic (exact) mass is 408 g/mol. The maximum Gasteiger partial charge on any atom is 0.315 e. The molecule has 5 heteroatoms. The van der Waals surface area contributed by atoms with Gasteiger partial charge in [0.1, 0.15) is 0 Å². The third-order valence-corrected chi connectivity index (χ3v) is 4.94. The number of aromatic amines is 1. The first-order chi connectivity index (χ1) is 15.2. The van der Waals surface area contributed by atoms with Crippen LogP contribution in [0.1, 0.15) is 16.7 Å². The standard InChI is InChI=1S/C26H20N2O3/c1-30-25-14-18(13-20(16-27)19-7-3-2-4-8-19)11-12-24(25)31-26(29)15-21-17-28-23-10-6-5-9-22(21)23/h2-14,17,28H,15H2,1H3/b20-13-. The number of fused-ring (bicyclic) bond motifs is 1. The van der Waals surface area contributed by atoms with Gasteiger partial charge in [0.2, 0.25) is 0 Å². The van der Waals surface area contributed by atoms with Crippen molar-refractivity contribution >= 4 is 28.5 Å². The first kappa shape index (κ1) is 20.0. The number of esters is 1. The van der Waals surface area contributed by atoms with Crippen LogP contribution in [0.15, 0.2) is 79.0 Å². The summed E-state index contributed by atoms with van der Waals surface area (Å²) in [7, 11) is 1.52. The second-order valence-electron chi connectivity index (χ2n) is 6.96. The molecule has 4 rings (SSSR count). The number of carbonyl (C=O) groups excluding carboxylic acids is 1. The molecule has 0 aliphatic heterocycles. The highest BCUT2D eigenvalue weighted by Gasteiger charge is 2.14. The first-order valence-electron chi connectivity index (χ1n) is 9.79. The molecular weight excluding hydrogens is 388 g/mol. The maximum atomic E-state index is 12.5. The average Bonchev–Trinajstić information content (AvgIpc) is 3.21.